The van der Waals surface area contributed by atoms with Gasteiger partial charge in [-0.1, -0.05) is 6.92 Å². The molecule has 0 aliphatic carbocycles. The molecule has 1 heterocycles. The van der Waals surface area contributed by atoms with Gasteiger partial charge < -0.3 is 0 Å². The van der Waals surface area contributed by atoms with Crippen LogP contribution in [0.5, 0.6) is 0 Å². The lowest BCUT2D eigenvalue weighted by Crippen LogP contribution is -2.67. The fourth-order valence-electron chi connectivity index (χ4n) is 2.38. The fraction of sp³-hybridized carbons (Fsp3) is 1.00. The molecule has 0 spiro atoms. The highest BCUT2D eigenvalue weighted by atomic mass is 32.2. The molecule has 5 nitrogen and oxygen atoms in total. The van der Waals surface area contributed by atoms with Crippen LogP contribution in [-0.2, 0) is 10.0 Å². The lowest BCUT2D eigenvalue weighted by molar-refractivity contribution is -1.10. The SMILES string of the molecule is CCC[N+]1(O)CCN(S(=O)(=O)C(F)(F)C(F)(F)C(F)(F)C(F)(F)F)CC1. The second-order valence-electron chi connectivity index (χ2n) is 5.83. The molecule has 0 saturated carbocycles. The molecular weight excluding hydrogens is 411 g/mol. The largest absolute Gasteiger partial charge is 0.460 e. The lowest BCUT2D eigenvalue weighted by Gasteiger charge is -2.40. The molecule has 0 bridgehead atoms. The van der Waals surface area contributed by atoms with Crippen molar-refractivity contribution in [3.63, 3.8) is 0 Å². The van der Waals surface area contributed by atoms with Gasteiger partial charge in [0.2, 0.25) is 0 Å². The number of rotatable bonds is 6. The standard InChI is InChI=1S/C11H16F9N2O3S/c1-2-5-22(23)6-3-21(4-7-22)26(24,25)11(19,20)9(14,15)8(12,13)10(16,17)18/h23H,2-7H2,1H3/q+1. The van der Waals surface area contributed by atoms with Crippen molar-refractivity contribution in [1.82, 2.24) is 4.31 Å². The number of sulfonamides is 1. The van der Waals surface area contributed by atoms with Crippen LogP contribution >= 0.6 is 0 Å². The molecule has 1 aliphatic heterocycles. The Morgan fingerprint density at radius 1 is 0.923 bits per heavy atom. The Balaban J connectivity index is 3.19. The molecule has 1 saturated heterocycles. The van der Waals surface area contributed by atoms with Crippen LogP contribution in [0.3, 0.4) is 0 Å². The van der Waals surface area contributed by atoms with E-state index in [9.17, 15) is 53.1 Å². The van der Waals surface area contributed by atoms with Crippen molar-refractivity contribution in [2.75, 3.05) is 32.7 Å². The molecule has 0 aromatic heterocycles. The van der Waals surface area contributed by atoms with Crippen LogP contribution in [0.4, 0.5) is 39.5 Å². The summed E-state index contributed by atoms with van der Waals surface area (Å²) in [4.78, 5) is 0. The summed E-state index contributed by atoms with van der Waals surface area (Å²) in [5.74, 6) is -14.5. The number of nitrogens with zero attached hydrogens (tertiary/aromatic N) is 2. The van der Waals surface area contributed by atoms with Gasteiger partial charge >= 0.3 is 23.3 Å². The Morgan fingerprint density at radius 2 is 1.35 bits per heavy atom. The van der Waals surface area contributed by atoms with Gasteiger partial charge in [-0.15, -0.1) is 0 Å². The second kappa shape index (κ2) is 6.67. The molecule has 0 aromatic carbocycles. The van der Waals surface area contributed by atoms with E-state index in [1.807, 2.05) is 0 Å². The minimum Gasteiger partial charge on any atom is -0.217 e. The third-order valence-electron chi connectivity index (χ3n) is 3.95. The van der Waals surface area contributed by atoms with Crippen molar-refractivity contribution >= 4 is 10.0 Å². The summed E-state index contributed by atoms with van der Waals surface area (Å²) in [6, 6.07) is 0. The minimum absolute atomic E-state index is 0.0760. The lowest BCUT2D eigenvalue weighted by atomic mass is 10.1. The summed E-state index contributed by atoms with van der Waals surface area (Å²) in [5, 5.41) is 3.24. The topological polar surface area (TPSA) is 57.6 Å². The van der Waals surface area contributed by atoms with Crippen LogP contribution in [-0.4, -0.2) is 78.6 Å². The number of quaternary nitrogens is 1. The van der Waals surface area contributed by atoms with Gasteiger partial charge in [-0.25, -0.2) is 13.6 Å². The van der Waals surface area contributed by atoms with Crippen LogP contribution in [0, 0.1) is 0 Å². The average molecular weight is 427 g/mol. The first kappa shape index (κ1) is 23.2. The van der Waals surface area contributed by atoms with Crippen LogP contribution in [0.2, 0.25) is 0 Å². The normalized spacial score (nSPS) is 21.0. The van der Waals surface area contributed by atoms with Gasteiger partial charge in [-0.2, -0.15) is 48.5 Å². The second-order valence-corrected chi connectivity index (χ2v) is 7.81. The summed E-state index contributed by atoms with van der Waals surface area (Å²) in [6.07, 6.45) is -6.70. The van der Waals surface area contributed by atoms with E-state index in [1.165, 1.54) is 0 Å². The molecule has 0 radical (unpaired) electrons. The number of hydrogen-bond acceptors (Lipinski definition) is 3. The zero-order chi connectivity index (χ0) is 20.8. The van der Waals surface area contributed by atoms with Crippen LogP contribution < -0.4 is 0 Å². The average Bonchev–Trinajstić information content (AvgIpc) is 2.45. The summed E-state index contributed by atoms with van der Waals surface area (Å²) in [7, 11) is -6.58. The maximum Gasteiger partial charge on any atom is 0.460 e. The van der Waals surface area contributed by atoms with Gasteiger partial charge in [0.05, 0.1) is 13.1 Å². The number of halogens is 9. The number of piperazine rings is 1. The van der Waals surface area contributed by atoms with Crippen LogP contribution in [0.15, 0.2) is 0 Å². The van der Waals surface area contributed by atoms with E-state index in [1.54, 1.807) is 6.92 Å². The monoisotopic (exact) mass is 427 g/mol. The summed E-state index contributed by atoms with van der Waals surface area (Å²) < 4.78 is 138. The van der Waals surface area contributed by atoms with Gasteiger partial charge in [0.25, 0.3) is 10.0 Å². The van der Waals surface area contributed by atoms with Crippen molar-refractivity contribution < 1.29 is 57.8 Å². The quantitative estimate of drug-likeness (QED) is 0.524. The Bertz CT molecular complexity index is 613. The zero-order valence-electron chi connectivity index (χ0n) is 13.2. The molecule has 1 N–H and O–H groups in total. The highest BCUT2D eigenvalue weighted by Gasteiger charge is 2.85. The summed E-state index contributed by atoms with van der Waals surface area (Å²) in [5.41, 5.74) is 0. The van der Waals surface area contributed by atoms with E-state index >= 15 is 0 Å². The summed E-state index contributed by atoms with van der Waals surface area (Å²) in [6.45, 7) is -1.25. The molecule has 0 atom stereocenters. The van der Waals surface area contributed by atoms with Gasteiger partial charge in [-0.05, 0) is 6.42 Å². The molecule has 15 heteroatoms. The summed E-state index contributed by atoms with van der Waals surface area (Å²) >= 11 is 0. The van der Waals surface area contributed by atoms with E-state index in [2.05, 4.69) is 0 Å². The first-order valence-electron chi connectivity index (χ1n) is 7.16. The highest BCUT2D eigenvalue weighted by Crippen LogP contribution is 2.55. The zero-order valence-corrected chi connectivity index (χ0v) is 14.0. The minimum atomic E-state index is -7.29. The molecule has 0 unspecified atom stereocenters. The van der Waals surface area contributed by atoms with Crippen molar-refractivity contribution in [3.8, 4) is 0 Å². The maximum absolute atomic E-state index is 13.7. The van der Waals surface area contributed by atoms with Crippen molar-refractivity contribution in [1.29, 1.82) is 0 Å². The van der Waals surface area contributed by atoms with Gasteiger partial charge in [0, 0.05) is 0 Å². The third kappa shape index (κ3) is 3.49. The molecule has 1 fully saturated rings. The van der Waals surface area contributed by atoms with E-state index in [-0.39, 0.29) is 10.8 Å². The molecule has 156 valence electrons. The van der Waals surface area contributed by atoms with E-state index in [4.69, 9.17) is 0 Å². The van der Waals surface area contributed by atoms with E-state index < -0.39 is 64.1 Å². The van der Waals surface area contributed by atoms with E-state index in [0.29, 0.717) is 6.42 Å². The molecule has 26 heavy (non-hydrogen) atoms. The maximum atomic E-state index is 13.7. The van der Waals surface area contributed by atoms with Crippen molar-refractivity contribution in [3.05, 3.63) is 0 Å². The van der Waals surface area contributed by atoms with Crippen LogP contribution in [0.25, 0.3) is 0 Å². The first-order chi connectivity index (χ1) is 11.4. The van der Waals surface area contributed by atoms with Crippen LogP contribution in [0.1, 0.15) is 13.3 Å². The Hall–Kier alpha value is -0.800. The van der Waals surface area contributed by atoms with Gasteiger partial charge in [0.1, 0.15) is 19.6 Å². The van der Waals surface area contributed by atoms with Gasteiger partial charge in [0.15, 0.2) is 0 Å². The van der Waals surface area contributed by atoms with Gasteiger partial charge in [-0.3, -0.25) is 0 Å². The Labute approximate surface area is 142 Å². The number of alkyl halides is 9. The molecule has 1 rings (SSSR count). The van der Waals surface area contributed by atoms with Crippen molar-refractivity contribution in [2.45, 2.75) is 36.6 Å². The molecule has 0 amide bonds. The Morgan fingerprint density at radius 3 is 1.69 bits per heavy atom. The molecule has 0 aromatic rings. The number of hydroxylamine groups is 3. The highest BCUT2D eigenvalue weighted by molar-refractivity contribution is 7.90. The van der Waals surface area contributed by atoms with E-state index in [0.717, 1.165) is 0 Å². The predicted octanol–water partition coefficient (Wildman–Crippen LogP) is 2.67. The molecule has 1 aliphatic rings. The van der Waals surface area contributed by atoms with Crippen molar-refractivity contribution in [2.24, 2.45) is 0 Å². The Kier molecular flexibility index (Phi) is 5.96. The first-order valence-corrected chi connectivity index (χ1v) is 8.60. The molecular formula is C11H16F9N2O3S+. The number of hydrogen-bond donors (Lipinski definition) is 1. The predicted molar refractivity (Wildman–Crippen MR) is 68.3 cm³/mol. The fourth-order valence-corrected chi connectivity index (χ4v) is 3.80. The smallest absolute Gasteiger partial charge is 0.217 e. The third-order valence-corrected chi connectivity index (χ3v) is 5.90.